The van der Waals surface area contributed by atoms with E-state index in [1.165, 1.54) is 0 Å². The van der Waals surface area contributed by atoms with Crippen molar-refractivity contribution in [2.75, 3.05) is 26.3 Å². The second kappa shape index (κ2) is 4.88. The van der Waals surface area contributed by atoms with Crippen LogP contribution in [0.1, 0.15) is 11.5 Å². The summed E-state index contributed by atoms with van der Waals surface area (Å²) in [5.41, 5.74) is 0.915. The van der Waals surface area contributed by atoms with Gasteiger partial charge in [-0.15, -0.1) is 0 Å². The van der Waals surface area contributed by atoms with Crippen LogP contribution < -0.4 is 0 Å². The van der Waals surface area contributed by atoms with Gasteiger partial charge in [-0.1, -0.05) is 11.6 Å². The molecule has 0 aliphatic carbocycles. The maximum Gasteiger partial charge on any atom is 0.144 e. The van der Waals surface area contributed by atoms with E-state index in [0.717, 1.165) is 44.4 Å². The monoisotopic (exact) mass is 227 g/mol. The normalized spacial score (nSPS) is 18.0. The average molecular weight is 228 g/mol. The van der Waals surface area contributed by atoms with Gasteiger partial charge in [0.25, 0.3) is 0 Å². The number of hydrogen-bond acceptors (Lipinski definition) is 4. The highest BCUT2D eigenvalue weighted by Crippen LogP contribution is 2.09. The summed E-state index contributed by atoms with van der Waals surface area (Å²) in [6.45, 7) is 6.14. The number of hydrogen-bond donors (Lipinski definition) is 0. The van der Waals surface area contributed by atoms with Gasteiger partial charge >= 0.3 is 0 Å². The molecule has 0 unspecified atom stereocenters. The molecule has 4 nitrogen and oxygen atoms in total. The summed E-state index contributed by atoms with van der Waals surface area (Å²) in [4.78, 5) is 10.8. The summed E-state index contributed by atoms with van der Waals surface area (Å²) in [5, 5.41) is 0.519. The lowest BCUT2D eigenvalue weighted by Gasteiger charge is -2.25. The minimum Gasteiger partial charge on any atom is -0.379 e. The topological polar surface area (TPSA) is 38.2 Å². The highest BCUT2D eigenvalue weighted by Gasteiger charge is 2.12. The first-order valence-electron chi connectivity index (χ1n) is 5.04. The molecule has 1 aliphatic rings. The van der Waals surface area contributed by atoms with Crippen LogP contribution in [0.3, 0.4) is 0 Å². The molecule has 0 amide bonds. The Hall–Kier alpha value is -0.710. The first-order chi connectivity index (χ1) is 7.24. The fraction of sp³-hybridized carbons (Fsp3) is 0.600. The van der Waals surface area contributed by atoms with E-state index in [-0.39, 0.29) is 0 Å². The lowest BCUT2D eigenvalue weighted by atomic mass is 10.4. The van der Waals surface area contributed by atoms with Crippen LogP contribution in [-0.2, 0) is 11.3 Å². The SMILES string of the molecule is Cc1cc(Cl)nc(CN2CCOCC2)n1. The Labute approximate surface area is 94.2 Å². The summed E-state index contributed by atoms with van der Waals surface area (Å²) in [6, 6.07) is 1.77. The van der Waals surface area contributed by atoms with E-state index in [0.29, 0.717) is 5.15 Å². The van der Waals surface area contributed by atoms with Crippen LogP contribution >= 0.6 is 11.6 Å². The van der Waals surface area contributed by atoms with E-state index in [4.69, 9.17) is 16.3 Å². The van der Waals surface area contributed by atoms with Crippen LogP contribution in [0, 0.1) is 6.92 Å². The second-order valence-corrected chi connectivity index (χ2v) is 4.02. The van der Waals surface area contributed by atoms with E-state index in [1.807, 2.05) is 6.92 Å². The Kier molecular flexibility index (Phi) is 3.51. The zero-order valence-electron chi connectivity index (χ0n) is 8.74. The van der Waals surface area contributed by atoms with Gasteiger partial charge in [0, 0.05) is 18.8 Å². The van der Waals surface area contributed by atoms with E-state index in [2.05, 4.69) is 14.9 Å². The Balaban J connectivity index is 2.02. The van der Waals surface area contributed by atoms with Crippen molar-refractivity contribution in [3.63, 3.8) is 0 Å². The molecule has 1 saturated heterocycles. The standard InChI is InChI=1S/C10H14ClN3O/c1-8-6-9(11)13-10(12-8)7-14-2-4-15-5-3-14/h6H,2-5,7H2,1H3. The largest absolute Gasteiger partial charge is 0.379 e. The Morgan fingerprint density at radius 2 is 2.13 bits per heavy atom. The molecule has 0 N–H and O–H groups in total. The quantitative estimate of drug-likeness (QED) is 0.714. The van der Waals surface area contributed by atoms with Crippen molar-refractivity contribution in [2.24, 2.45) is 0 Å². The minimum atomic E-state index is 0.519. The van der Waals surface area contributed by atoms with Gasteiger partial charge in [-0.25, -0.2) is 9.97 Å². The third-order valence-electron chi connectivity index (χ3n) is 2.34. The molecule has 0 aromatic carbocycles. The highest BCUT2D eigenvalue weighted by atomic mass is 35.5. The molecule has 2 rings (SSSR count). The molecule has 1 fully saturated rings. The minimum absolute atomic E-state index is 0.519. The number of ether oxygens (including phenoxy) is 1. The van der Waals surface area contributed by atoms with Crippen molar-refractivity contribution in [1.82, 2.24) is 14.9 Å². The van der Waals surface area contributed by atoms with Gasteiger partial charge in [-0.05, 0) is 13.0 Å². The van der Waals surface area contributed by atoms with E-state index in [1.54, 1.807) is 6.07 Å². The van der Waals surface area contributed by atoms with Gasteiger partial charge in [0.2, 0.25) is 0 Å². The molecule has 0 spiro atoms. The summed E-state index contributed by atoms with van der Waals surface area (Å²) >= 11 is 5.87. The van der Waals surface area contributed by atoms with E-state index >= 15 is 0 Å². The zero-order valence-corrected chi connectivity index (χ0v) is 9.50. The fourth-order valence-electron chi connectivity index (χ4n) is 1.62. The lowest BCUT2D eigenvalue weighted by Crippen LogP contribution is -2.36. The van der Waals surface area contributed by atoms with Crippen LogP contribution in [0.5, 0.6) is 0 Å². The van der Waals surface area contributed by atoms with Crippen molar-refractivity contribution in [1.29, 1.82) is 0 Å². The van der Waals surface area contributed by atoms with Gasteiger partial charge < -0.3 is 4.74 Å². The van der Waals surface area contributed by atoms with Crippen molar-refractivity contribution >= 4 is 11.6 Å². The molecule has 1 aromatic heterocycles. The molecule has 2 heterocycles. The van der Waals surface area contributed by atoms with Crippen molar-refractivity contribution in [2.45, 2.75) is 13.5 Å². The molecule has 0 saturated carbocycles. The highest BCUT2D eigenvalue weighted by molar-refractivity contribution is 6.29. The van der Waals surface area contributed by atoms with Crippen LogP contribution in [0.2, 0.25) is 5.15 Å². The fourth-order valence-corrected chi connectivity index (χ4v) is 1.87. The molecular formula is C10H14ClN3O. The molecule has 0 bridgehead atoms. The number of morpholine rings is 1. The third-order valence-corrected chi connectivity index (χ3v) is 2.53. The van der Waals surface area contributed by atoms with Gasteiger partial charge in [0.1, 0.15) is 11.0 Å². The Bertz CT molecular complexity index is 319. The van der Waals surface area contributed by atoms with E-state index < -0.39 is 0 Å². The van der Waals surface area contributed by atoms with Crippen LogP contribution in [0.25, 0.3) is 0 Å². The lowest BCUT2D eigenvalue weighted by molar-refractivity contribution is 0.0330. The molecule has 82 valence electrons. The maximum atomic E-state index is 5.87. The first kappa shape index (κ1) is 10.8. The predicted octanol–water partition coefficient (Wildman–Crippen LogP) is 1.27. The number of halogens is 1. The number of aryl methyl sites for hydroxylation is 1. The van der Waals surface area contributed by atoms with Gasteiger partial charge in [0.05, 0.1) is 19.8 Å². The molecular weight excluding hydrogens is 214 g/mol. The summed E-state index contributed by atoms with van der Waals surface area (Å²) in [5.74, 6) is 0.793. The average Bonchev–Trinajstić information content (AvgIpc) is 2.17. The maximum absolute atomic E-state index is 5.87. The van der Waals surface area contributed by atoms with Gasteiger partial charge in [-0.2, -0.15) is 0 Å². The predicted molar refractivity (Wildman–Crippen MR) is 57.9 cm³/mol. The zero-order chi connectivity index (χ0) is 10.7. The second-order valence-electron chi connectivity index (χ2n) is 3.64. The number of aromatic nitrogens is 2. The molecule has 0 atom stereocenters. The molecule has 0 radical (unpaired) electrons. The molecule has 5 heteroatoms. The Morgan fingerprint density at radius 1 is 1.40 bits per heavy atom. The molecule has 15 heavy (non-hydrogen) atoms. The molecule has 1 aliphatic heterocycles. The molecule has 1 aromatic rings. The Morgan fingerprint density at radius 3 is 2.80 bits per heavy atom. The van der Waals surface area contributed by atoms with Crippen molar-refractivity contribution < 1.29 is 4.74 Å². The van der Waals surface area contributed by atoms with Gasteiger partial charge in [0.15, 0.2) is 0 Å². The number of nitrogens with zero attached hydrogens (tertiary/aromatic N) is 3. The van der Waals surface area contributed by atoms with Crippen molar-refractivity contribution in [3.05, 3.63) is 22.7 Å². The van der Waals surface area contributed by atoms with Crippen LogP contribution in [-0.4, -0.2) is 41.2 Å². The van der Waals surface area contributed by atoms with Gasteiger partial charge in [-0.3, -0.25) is 4.90 Å². The van der Waals surface area contributed by atoms with Crippen LogP contribution in [0.4, 0.5) is 0 Å². The summed E-state index contributed by atoms with van der Waals surface area (Å²) in [7, 11) is 0. The van der Waals surface area contributed by atoms with Crippen LogP contribution in [0.15, 0.2) is 6.07 Å². The summed E-state index contributed by atoms with van der Waals surface area (Å²) in [6.07, 6.45) is 0. The van der Waals surface area contributed by atoms with Crippen molar-refractivity contribution in [3.8, 4) is 0 Å². The van der Waals surface area contributed by atoms with E-state index in [9.17, 15) is 0 Å². The number of rotatable bonds is 2. The third kappa shape index (κ3) is 3.12. The summed E-state index contributed by atoms with van der Waals surface area (Å²) < 4.78 is 5.28. The smallest absolute Gasteiger partial charge is 0.144 e. The first-order valence-corrected chi connectivity index (χ1v) is 5.42.